The molecular formula is C24H22F2N2O6. The number of hydrogen-bond acceptors (Lipinski definition) is 6. The lowest BCUT2D eigenvalue weighted by atomic mass is 10.1. The lowest BCUT2D eigenvalue weighted by molar-refractivity contribution is -0.119. The van der Waals surface area contributed by atoms with Crippen LogP contribution in [-0.4, -0.2) is 42.1 Å². The number of halogens is 2. The minimum Gasteiger partial charge on any atom is -0.483 e. The Morgan fingerprint density at radius 2 is 1.65 bits per heavy atom. The number of hydrogen-bond donors (Lipinski definition) is 1. The number of amides is 1. The van der Waals surface area contributed by atoms with Gasteiger partial charge < -0.3 is 24.5 Å². The summed E-state index contributed by atoms with van der Waals surface area (Å²) in [6, 6.07) is 13.8. The number of carbonyl (C=O) groups is 3. The SMILES string of the molecule is Cc1cc(C(=O)COC(=O)c2ccccc2OCC(N)=O)c(C)n1-c1ccc(OC(F)F)cc1. The summed E-state index contributed by atoms with van der Waals surface area (Å²) < 4.78 is 41.3. The Hall–Kier alpha value is -4.21. The van der Waals surface area contributed by atoms with Crippen molar-refractivity contribution in [1.82, 2.24) is 4.57 Å². The Kier molecular flexibility index (Phi) is 7.62. The van der Waals surface area contributed by atoms with Crippen LogP contribution in [0.2, 0.25) is 0 Å². The number of nitrogens with two attached hydrogens (primary N) is 1. The van der Waals surface area contributed by atoms with Gasteiger partial charge in [0.25, 0.3) is 5.91 Å². The number of Topliss-reactive ketones (excluding diaryl/α,β-unsaturated/α-hetero) is 1. The van der Waals surface area contributed by atoms with E-state index in [0.717, 1.165) is 5.69 Å². The van der Waals surface area contributed by atoms with E-state index in [1.165, 1.54) is 24.3 Å². The molecule has 2 N–H and O–H groups in total. The van der Waals surface area contributed by atoms with Crippen LogP contribution in [-0.2, 0) is 9.53 Å². The van der Waals surface area contributed by atoms with Crippen LogP contribution in [0.25, 0.3) is 5.69 Å². The minimum absolute atomic E-state index is 0.0181. The first kappa shape index (κ1) is 24.4. The largest absolute Gasteiger partial charge is 0.483 e. The molecule has 8 nitrogen and oxygen atoms in total. The fraction of sp³-hybridized carbons (Fsp3) is 0.208. The van der Waals surface area contributed by atoms with Crippen LogP contribution in [0.3, 0.4) is 0 Å². The highest BCUT2D eigenvalue weighted by Gasteiger charge is 2.20. The van der Waals surface area contributed by atoms with E-state index in [1.807, 2.05) is 0 Å². The molecule has 0 aliphatic rings. The standard InChI is InChI=1S/C24H22F2N2O6/c1-14-11-19(15(2)28(14)16-7-9-17(10-8-16)34-24(25)26)20(29)12-33-23(31)18-5-3-4-6-21(18)32-13-22(27)30/h3-11,24H,12-13H2,1-2H3,(H2,27,30). The average Bonchev–Trinajstić information content (AvgIpc) is 3.10. The summed E-state index contributed by atoms with van der Waals surface area (Å²) in [6.45, 7) is -0.349. The summed E-state index contributed by atoms with van der Waals surface area (Å²) >= 11 is 0. The second-order valence-corrected chi connectivity index (χ2v) is 7.24. The average molecular weight is 472 g/mol. The van der Waals surface area contributed by atoms with Gasteiger partial charge in [0.05, 0.1) is 0 Å². The van der Waals surface area contributed by atoms with Crippen molar-refractivity contribution in [2.75, 3.05) is 13.2 Å². The lowest BCUT2D eigenvalue weighted by Gasteiger charge is -2.12. The number of ketones is 1. The van der Waals surface area contributed by atoms with Crippen molar-refractivity contribution in [1.29, 1.82) is 0 Å². The van der Waals surface area contributed by atoms with E-state index in [1.54, 1.807) is 48.7 Å². The number of ether oxygens (including phenoxy) is 3. The van der Waals surface area contributed by atoms with Crippen molar-refractivity contribution < 1.29 is 37.4 Å². The monoisotopic (exact) mass is 472 g/mol. The fourth-order valence-electron chi connectivity index (χ4n) is 3.42. The molecule has 0 radical (unpaired) electrons. The Morgan fingerprint density at radius 1 is 0.971 bits per heavy atom. The van der Waals surface area contributed by atoms with Crippen molar-refractivity contribution in [2.24, 2.45) is 5.73 Å². The van der Waals surface area contributed by atoms with Crippen LogP contribution in [0.5, 0.6) is 11.5 Å². The molecule has 10 heteroatoms. The number of alkyl halides is 2. The smallest absolute Gasteiger partial charge is 0.387 e. The first-order chi connectivity index (χ1) is 16.2. The van der Waals surface area contributed by atoms with Gasteiger partial charge in [0.1, 0.15) is 17.1 Å². The van der Waals surface area contributed by atoms with E-state index in [0.29, 0.717) is 16.9 Å². The molecule has 1 heterocycles. The number of nitrogens with zero attached hydrogens (tertiary/aromatic N) is 1. The first-order valence-corrected chi connectivity index (χ1v) is 10.1. The molecule has 0 saturated heterocycles. The minimum atomic E-state index is -2.92. The van der Waals surface area contributed by atoms with Crippen LogP contribution in [0, 0.1) is 13.8 Å². The van der Waals surface area contributed by atoms with Gasteiger partial charge in [0, 0.05) is 22.6 Å². The van der Waals surface area contributed by atoms with Crippen molar-refractivity contribution in [3.63, 3.8) is 0 Å². The molecule has 178 valence electrons. The van der Waals surface area contributed by atoms with Crippen molar-refractivity contribution in [3.8, 4) is 17.2 Å². The van der Waals surface area contributed by atoms with Crippen molar-refractivity contribution >= 4 is 17.7 Å². The Balaban J connectivity index is 1.72. The van der Waals surface area contributed by atoms with Crippen LogP contribution in [0.4, 0.5) is 8.78 Å². The zero-order valence-electron chi connectivity index (χ0n) is 18.4. The molecular weight excluding hydrogens is 450 g/mol. The maximum atomic E-state index is 12.8. The van der Waals surface area contributed by atoms with Gasteiger partial charge in [-0.2, -0.15) is 8.78 Å². The van der Waals surface area contributed by atoms with Crippen LogP contribution >= 0.6 is 0 Å². The third-order valence-corrected chi connectivity index (χ3v) is 4.86. The number of carbonyl (C=O) groups excluding carboxylic acids is 3. The predicted octanol–water partition coefficient (Wildman–Crippen LogP) is 3.60. The van der Waals surface area contributed by atoms with Crippen LogP contribution < -0.4 is 15.2 Å². The third kappa shape index (κ3) is 5.77. The Morgan fingerprint density at radius 3 is 2.29 bits per heavy atom. The van der Waals surface area contributed by atoms with Gasteiger partial charge in [-0.3, -0.25) is 9.59 Å². The predicted molar refractivity (Wildman–Crippen MR) is 118 cm³/mol. The van der Waals surface area contributed by atoms with Gasteiger partial charge in [-0.15, -0.1) is 0 Å². The van der Waals surface area contributed by atoms with Gasteiger partial charge in [0.2, 0.25) is 5.78 Å². The van der Waals surface area contributed by atoms with Gasteiger partial charge in [-0.05, 0) is 56.3 Å². The van der Waals surface area contributed by atoms with E-state index < -0.39 is 37.5 Å². The molecule has 0 aliphatic carbocycles. The summed E-state index contributed by atoms with van der Waals surface area (Å²) in [5.41, 5.74) is 7.41. The third-order valence-electron chi connectivity index (χ3n) is 4.86. The maximum Gasteiger partial charge on any atom is 0.387 e. The fourth-order valence-corrected chi connectivity index (χ4v) is 3.42. The van der Waals surface area contributed by atoms with Gasteiger partial charge in [0.15, 0.2) is 13.2 Å². The highest BCUT2D eigenvalue weighted by molar-refractivity contribution is 6.01. The zero-order chi connectivity index (χ0) is 24.8. The number of para-hydroxylation sites is 1. The second-order valence-electron chi connectivity index (χ2n) is 7.24. The van der Waals surface area contributed by atoms with Gasteiger partial charge >= 0.3 is 12.6 Å². The zero-order valence-corrected chi connectivity index (χ0v) is 18.4. The molecule has 3 aromatic rings. The van der Waals surface area contributed by atoms with E-state index in [2.05, 4.69) is 4.74 Å². The molecule has 0 fully saturated rings. The van der Waals surface area contributed by atoms with E-state index >= 15 is 0 Å². The van der Waals surface area contributed by atoms with E-state index in [-0.39, 0.29) is 17.1 Å². The normalized spacial score (nSPS) is 10.7. The molecule has 1 aromatic heterocycles. The first-order valence-electron chi connectivity index (χ1n) is 10.1. The van der Waals surface area contributed by atoms with E-state index in [9.17, 15) is 23.2 Å². The van der Waals surface area contributed by atoms with Crippen LogP contribution in [0.1, 0.15) is 32.1 Å². The number of aryl methyl sites for hydroxylation is 1. The summed E-state index contributed by atoms with van der Waals surface area (Å²) in [5.74, 6) is -1.80. The van der Waals surface area contributed by atoms with Gasteiger partial charge in [-0.1, -0.05) is 12.1 Å². The number of benzene rings is 2. The summed E-state index contributed by atoms with van der Waals surface area (Å²) in [4.78, 5) is 36.2. The summed E-state index contributed by atoms with van der Waals surface area (Å²) in [7, 11) is 0. The lowest BCUT2D eigenvalue weighted by Crippen LogP contribution is -2.21. The molecule has 0 atom stereocenters. The molecule has 2 aromatic carbocycles. The van der Waals surface area contributed by atoms with Crippen molar-refractivity contribution in [3.05, 3.63) is 77.1 Å². The molecule has 34 heavy (non-hydrogen) atoms. The molecule has 0 spiro atoms. The van der Waals surface area contributed by atoms with Crippen molar-refractivity contribution in [2.45, 2.75) is 20.5 Å². The molecule has 0 bridgehead atoms. The second kappa shape index (κ2) is 10.6. The van der Waals surface area contributed by atoms with Gasteiger partial charge in [-0.25, -0.2) is 4.79 Å². The number of esters is 1. The summed E-state index contributed by atoms with van der Waals surface area (Å²) in [5, 5.41) is 0. The molecule has 0 aliphatic heterocycles. The number of rotatable bonds is 10. The molecule has 1 amide bonds. The number of aromatic nitrogens is 1. The Bertz CT molecular complexity index is 1200. The topological polar surface area (TPSA) is 110 Å². The van der Waals surface area contributed by atoms with Crippen LogP contribution in [0.15, 0.2) is 54.6 Å². The quantitative estimate of drug-likeness (QED) is 0.357. The highest BCUT2D eigenvalue weighted by Crippen LogP contribution is 2.24. The number of primary amides is 1. The molecule has 3 rings (SSSR count). The van der Waals surface area contributed by atoms with E-state index in [4.69, 9.17) is 15.2 Å². The molecule has 0 unspecified atom stereocenters. The summed E-state index contributed by atoms with van der Waals surface area (Å²) in [6.07, 6.45) is 0. The Labute approximate surface area is 193 Å². The molecule has 0 saturated carbocycles. The maximum absolute atomic E-state index is 12.8. The highest BCUT2D eigenvalue weighted by atomic mass is 19.3.